The van der Waals surface area contributed by atoms with Crippen molar-refractivity contribution in [2.45, 2.75) is 31.7 Å². The zero-order valence-corrected chi connectivity index (χ0v) is 5.84. The molecule has 1 fully saturated rings. The van der Waals surface area contributed by atoms with Gasteiger partial charge in [0.05, 0.1) is 0 Å². The quantitative estimate of drug-likeness (QED) is 0.530. The molecular weight excluding hydrogens is 110 g/mol. The van der Waals surface area contributed by atoms with Gasteiger partial charge in [-0.05, 0) is 25.2 Å². The fraction of sp³-hybridized carbons (Fsp3) is 0.750. The molecule has 1 rings (SSSR count). The second-order valence-electron chi connectivity index (χ2n) is 2.92. The summed E-state index contributed by atoms with van der Waals surface area (Å²) in [7, 11) is 0. The zero-order valence-electron chi connectivity index (χ0n) is 5.84. The van der Waals surface area contributed by atoms with Gasteiger partial charge in [0.1, 0.15) is 0 Å². The summed E-state index contributed by atoms with van der Waals surface area (Å²) in [6.07, 6.45) is 7.00. The van der Waals surface area contributed by atoms with Crippen molar-refractivity contribution in [3.8, 4) is 0 Å². The fourth-order valence-corrected chi connectivity index (χ4v) is 1.48. The molecule has 1 nitrogen and oxygen atoms in total. The van der Waals surface area contributed by atoms with Crippen molar-refractivity contribution in [3.63, 3.8) is 0 Å². The molecule has 2 unspecified atom stereocenters. The molecular formula is C8H15N. The summed E-state index contributed by atoms with van der Waals surface area (Å²) < 4.78 is 0. The number of hydrogen-bond acceptors (Lipinski definition) is 1. The van der Waals surface area contributed by atoms with Crippen molar-refractivity contribution in [2.24, 2.45) is 11.7 Å². The van der Waals surface area contributed by atoms with Gasteiger partial charge in [-0.15, -0.1) is 6.58 Å². The Balaban J connectivity index is 2.31. The standard InChI is InChI=1S/C8H15N/c1-2-7-4-3-5-8(9)6-7/h2,7-8H,1,3-6,9H2. The minimum Gasteiger partial charge on any atom is -0.328 e. The van der Waals surface area contributed by atoms with Crippen LogP contribution < -0.4 is 5.73 Å². The maximum Gasteiger partial charge on any atom is 0.00444 e. The van der Waals surface area contributed by atoms with Gasteiger partial charge in [-0.1, -0.05) is 12.5 Å². The molecule has 0 aliphatic heterocycles. The van der Waals surface area contributed by atoms with Gasteiger partial charge in [-0.3, -0.25) is 0 Å². The normalized spacial score (nSPS) is 36.1. The van der Waals surface area contributed by atoms with Crippen LogP contribution in [0.4, 0.5) is 0 Å². The van der Waals surface area contributed by atoms with Crippen molar-refractivity contribution < 1.29 is 0 Å². The summed E-state index contributed by atoms with van der Waals surface area (Å²) in [6.45, 7) is 3.76. The van der Waals surface area contributed by atoms with Crippen LogP contribution in [0.2, 0.25) is 0 Å². The van der Waals surface area contributed by atoms with E-state index in [-0.39, 0.29) is 0 Å². The number of hydrogen-bond donors (Lipinski definition) is 1. The van der Waals surface area contributed by atoms with E-state index in [2.05, 4.69) is 6.58 Å². The van der Waals surface area contributed by atoms with Crippen molar-refractivity contribution in [2.75, 3.05) is 0 Å². The second-order valence-corrected chi connectivity index (χ2v) is 2.92. The molecule has 0 amide bonds. The van der Waals surface area contributed by atoms with E-state index >= 15 is 0 Å². The predicted molar refractivity (Wildman–Crippen MR) is 40.1 cm³/mol. The third-order valence-corrected chi connectivity index (χ3v) is 2.09. The van der Waals surface area contributed by atoms with E-state index in [0.717, 1.165) is 6.42 Å². The van der Waals surface area contributed by atoms with E-state index in [1.807, 2.05) is 6.08 Å². The summed E-state index contributed by atoms with van der Waals surface area (Å²) in [5.74, 6) is 0.703. The molecule has 0 heterocycles. The molecule has 1 aliphatic rings. The van der Waals surface area contributed by atoms with E-state index in [4.69, 9.17) is 5.73 Å². The van der Waals surface area contributed by atoms with E-state index in [1.165, 1.54) is 19.3 Å². The van der Waals surface area contributed by atoms with Crippen molar-refractivity contribution in [1.82, 2.24) is 0 Å². The molecule has 2 atom stereocenters. The highest BCUT2D eigenvalue weighted by Gasteiger charge is 2.15. The van der Waals surface area contributed by atoms with Crippen LogP contribution in [0.15, 0.2) is 12.7 Å². The van der Waals surface area contributed by atoms with Gasteiger partial charge in [0, 0.05) is 6.04 Å². The van der Waals surface area contributed by atoms with Crippen LogP contribution in [0.5, 0.6) is 0 Å². The van der Waals surface area contributed by atoms with Crippen LogP contribution in [0.3, 0.4) is 0 Å². The van der Waals surface area contributed by atoms with Gasteiger partial charge in [0.15, 0.2) is 0 Å². The van der Waals surface area contributed by atoms with E-state index in [1.54, 1.807) is 0 Å². The number of nitrogens with two attached hydrogens (primary N) is 1. The molecule has 0 spiro atoms. The molecule has 0 radical (unpaired) electrons. The summed E-state index contributed by atoms with van der Waals surface area (Å²) >= 11 is 0. The summed E-state index contributed by atoms with van der Waals surface area (Å²) in [4.78, 5) is 0. The number of rotatable bonds is 1. The first-order valence-corrected chi connectivity index (χ1v) is 3.71. The third-order valence-electron chi connectivity index (χ3n) is 2.09. The molecule has 52 valence electrons. The molecule has 1 saturated carbocycles. The lowest BCUT2D eigenvalue weighted by molar-refractivity contribution is 0.373. The Morgan fingerprint density at radius 2 is 2.22 bits per heavy atom. The lowest BCUT2D eigenvalue weighted by Crippen LogP contribution is -2.26. The summed E-state index contributed by atoms with van der Waals surface area (Å²) in [6, 6.07) is 0.446. The van der Waals surface area contributed by atoms with Gasteiger partial charge in [-0.25, -0.2) is 0 Å². The molecule has 1 heteroatoms. The van der Waals surface area contributed by atoms with Crippen molar-refractivity contribution in [3.05, 3.63) is 12.7 Å². The lowest BCUT2D eigenvalue weighted by Gasteiger charge is -2.23. The van der Waals surface area contributed by atoms with Gasteiger partial charge >= 0.3 is 0 Å². The van der Waals surface area contributed by atoms with Crippen LogP contribution in [0.1, 0.15) is 25.7 Å². The lowest BCUT2D eigenvalue weighted by atomic mass is 9.86. The highest BCUT2D eigenvalue weighted by atomic mass is 14.6. The fourth-order valence-electron chi connectivity index (χ4n) is 1.48. The highest BCUT2D eigenvalue weighted by Crippen LogP contribution is 2.23. The van der Waals surface area contributed by atoms with Gasteiger partial charge < -0.3 is 5.73 Å². The molecule has 0 aromatic heterocycles. The molecule has 9 heavy (non-hydrogen) atoms. The average Bonchev–Trinajstić information content (AvgIpc) is 1.88. The van der Waals surface area contributed by atoms with Crippen LogP contribution in [-0.2, 0) is 0 Å². The Kier molecular flexibility index (Phi) is 2.29. The molecule has 0 aromatic carbocycles. The third kappa shape index (κ3) is 1.83. The highest BCUT2D eigenvalue weighted by molar-refractivity contribution is 4.85. The van der Waals surface area contributed by atoms with Crippen LogP contribution >= 0.6 is 0 Å². The van der Waals surface area contributed by atoms with Crippen molar-refractivity contribution in [1.29, 1.82) is 0 Å². The molecule has 1 aliphatic carbocycles. The Labute approximate surface area is 56.9 Å². The summed E-state index contributed by atoms with van der Waals surface area (Å²) in [5.41, 5.74) is 5.75. The van der Waals surface area contributed by atoms with Gasteiger partial charge in [0.25, 0.3) is 0 Å². The van der Waals surface area contributed by atoms with Crippen LogP contribution in [0, 0.1) is 5.92 Å². The van der Waals surface area contributed by atoms with Crippen LogP contribution in [0.25, 0.3) is 0 Å². The molecule has 0 bridgehead atoms. The average molecular weight is 125 g/mol. The summed E-state index contributed by atoms with van der Waals surface area (Å²) in [5, 5.41) is 0. The smallest absolute Gasteiger partial charge is 0.00444 e. The Morgan fingerprint density at radius 3 is 2.67 bits per heavy atom. The minimum atomic E-state index is 0.446. The topological polar surface area (TPSA) is 26.0 Å². The van der Waals surface area contributed by atoms with E-state index < -0.39 is 0 Å². The Bertz CT molecular complexity index is 98.7. The Morgan fingerprint density at radius 1 is 1.44 bits per heavy atom. The van der Waals surface area contributed by atoms with Crippen molar-refractivity contribution >= 4 is 0 Å². The molecule has 0 aromatic rings. The first-order chi connectivity index (χ1) is 4.33. The monoisotopic (exact) mass is 125 g/mol. The van der Waals surface area contributed by atoms with Crippen LogP contribution in [-0.4, -0.2) is 6.04 Å². The molecule has 2 N–H and O–H groups in total. The zero-order chi connectivity index (χ0) is 6.69. The Hall–Kier alpha value is -0.300. The second kappa shape index (κ2) is 3.02. The predicted octanol–water partition coefficient (Wildman–Crippen LogP) is 1.69. The first-order valence-electron chi connectivity index (χ1n) is 3.71. The van der Waals surface area contributed by atoms with E-state index in [0.29, 0.717) is 12.0 Å². The van der Waals surface area contributed by atoms with Gasteiger partial charge in [0.2, 0.25) is 0 Å². The van der Waals surface area contributed by atoms with E-state index in [9.17, 15) is 0 Å². The first kappa shape index (κ1) is 6.81. The maximum absolute atomic E-state index is 5.75. The minimum absolute atomic E-state index is 0.446. The largest absolute Gasteiger partial charge is 0.328 e. The maximum atomic E-state index is 5.75. The number of allylic oxidation sites excluding steroid dienone is 1. The SMILES string of the molecule is C=CC1CCCC(N)C1. The van der Waals surface area contributed by atoms with Gasteiger partial charge in [-0.2, -0.15) is 0 Å². The molecule has 0 saturated heterocycles.